The van der Waals surface area contributed by atoms with Crippen molar-refractivity contribution in [3.63, 3.8) is 0 Å². The second-order valence-corrected chi connectivity index (χ2v) is 6.77. The van der Waals surface area contributed by atoms with Crippen molar-refractivity contribution < 1.29 is 13.2 Å². The molecule has 7 heteroatoms. The molecular formula is C19H29F3N4. The number of hydrogen-bond acceptors (Lipinski definition) is 2. The van der Waals surface area contributed by atoms with Gasteiger partial charge >= 0.3 is 6.30 Å². The largest absolute Gasteiger partial charge is 0.457 e. The van der Waals surface area contributed by atoms with Crippen LogP contribution in [0.2, 0.25) is 0 Å². The second kappa shape index (κ2) is 8.66. The fourth-order valence-corrected chi connectivity index (χ4v) is 3.30. The quantitative estimate of drug-likeness (QED) is 0.561. The Morgan fingerprint density at radius 2 is 2.00 bits per heavy atom. The van der Waals surface area contributed by atoms with Crippen LogP contribution >= 0.6 is 0 Å². The summed E-state index contributed by atoms with van der Waals surface area (Å²) >= 11 is 0. The van der Waals surface area contributed by atoms with E-state index in [0.717, 1.165) is 40.8 Å². The van der Waals surface area contributed by atoms with Gasteiger partial charge < -0.3 is 5.32 Å². The number of allylic oxidation sites excluding steroid dienone is 1. The Balaban J connectivity index is 2.18. The molecule has 1 heterocycles. The lowest BCUT2D eigenvalue weighted by Crippen LogP contribution is -2.40. The van der Waals surface area contributed by atoms with Crippen LogP contribution < -0.4 is 10.6 Å². The van der Waals surface area contributed by atoms with Crippen molar-refractivity contribution in [2.75, 3.05) is 6.54 Å². The Labute approximate surface area is 152 Å². The zero-order chi connectivity index (χ0) is 19.3. The van der Waals surface area contributed by atoms with Crippen LogP contribution in [0.25, 0.3) is 17.1 Å². The van der Waals surface area contributed by atoms with Crippen LogP contribution in [0.5, 0.6) is 0 Å². The summed E-state index contributed by atoms with van der Waals surface area (Å²) in [5.74, 6) is 0. The SMILES string of the molecule is CCCC(CCc1cc(/C=C(/C)NCC)c2[nH]n(C)c2c1)NC(F)(F)F. The van der Waals surface area contributed by atoms with Gasteiger partial charge in [-0.05, 0) is 56.9 Å². The van der Waals surface area contributed by atoms with Crippen molar-refractivity contribution in [1.29, 1.82) is 0 Å². The Morgan fingerprint density at radius 1 is 1.27 bits per heavy atom. The Hall–Kier alpha value is -1.89. The van der Waals surface area contributed by atoms with Crippen molar-refractivity contribution in [3.05, 3.63) is 29.0 Å². The maximum Gasteiger partial charge on any atom is 0.457 e. The summed E-state index contributed by atoms with van der Waals surface area (Å²) in [7, 11) is 1.93. The first-order valence-corrected chi connectivity index (χ1v) is 9.17. The van der Waals surface area contributed by atoms with E-state index in [1.54, 1.807) is 5.32 Å². The molecule has 0 fully saturated rings. The number of aromatic amines is 1. The molecule has 0 radical (unpaired) electrons. The van der Waals surface area contributed by atoms with E-state index in [2.05, 4.69) is 28.6 Å². The molecule has 0 saturated carbocycles. The van der Waals surface area contributed by atoms with Gasteiger partial charge in [0.2, 0.25) is 0 Å². The Bertz CT molecular complexity index is 740. The molecule has 2 aromatic rings. The summed E-state index contributed by atoms with van der Waals surface area (Å²) in [5, 5.41) is 8.31. The third-order valence-electron chi connectivity index (χ3n) is 4.46. The molecule has 146 valence electrons. The number of nitrogens with one attached hydrogen (secondary N) is 3. The zero-order valence-electron chi connectivity index (χ0n) is 15.9. The summed E-state index contributed by atoms with van der Waals surface area (Å²) in [5.41, 5.74) is 5.31. The van der Waals surface area contributed by atoms with Crippen molar-refractivity contribution >= 4 is 17.1 Å². The van der Waals surface area contributed by atoms with Crippen molar-refractivity contribution in [2.45, 2.75) is 58.8 Å². The van der Waals surface area contributed by atoms with E-state index in [1.165, 1.54) is 0 Å². The van der Waals surface area contributed by atoms with Crippen molar-refractivity contribution in [1.82, 2.24) is 20.4 Å². The minimum atomic E-state index is -4.33. The molecule has 4 nitrogen and oxygen atoms in total. The molecule has 0 aliphatic heterocycles. The van der Waals surface area contributed by atoms with Gasteiger partial charge in [-0.2, -0.15) is 13.2 Å². The molecule has 1 aromatic carbocycles. The number of hydrogen-bond donors (Lipinski definition) is 3. The van der Waals surface area contributed by atoms with E-state index in [0.29, 0.717) is 19.3 Å². The predicted molar refractivity (Wildman–Crippen MR) is 101 cm³/mol. The lowest BCUT2D eigenvalue weighted by atomic mass is 9.99. The number of nitrogens with zero attached hydrogens (tertiary/aromatic N) is 1. The minimum absolute atomic E-state index is 0.457. The highest BCUT2D eigenvalue weighted by atomic mass is 19.4. The Kier molecular flexibility index (Phi) is 6.81. The molecule has 0 aliphatic carbocycles. The summed E-state index contributed by atoms with van der Waals surface area (Å²) in [6.07, 6.45) is 0.0395. The average Bonchev–Trinajstić information content (AvgIpc) is 2.52. The molecular weight excluding hydrogens is 341 g/mol. The summed E-state index contributed by atoms with van der Waals surface area (Å²) < 4.78 is 39.9. The third kappa shape index (κ3) is 5.56. The van der Waals surface area contributed by atoms with Crippen molar-refractivity contribution in [3.8, 4) is 0 Å². The number of benzene rings is 1. The van der Waals surface area contributed by atoms with Gasteiger partial charge in [-0.1, -0.05) is 13.3 Å². The first-order chi connectivity index (χ1) is 12.2. The van der Waals surface area contributed by atoms with Gasteiger partial charge in [-0.3, -0.25) is 9.78 Å². The summed E-state index contributed by atoms with van der Waals surface area (Å²) in [4.78, 5) is 0. The van der Waals surface area contributed by atoms with Crippen LogP contribution in [-0.4, -0.2) is 28.7 Å². The van der Waals surface area contributed by atoms with Gasteiger partial charge in [0.05, 0.1) is 11.0 Å². The standard InChI is InChI=1S/C19H29F3N4/c1-5-7-16(24-19(20,21)22)9-8-14-11-15(10-13(3)23-6-2)18-17(12-14)26(4)25-18/h10-12,16,23-25H,5-9H2,1-4H3/b13-10-. The van der Waals surface area contributed by atoms with Gasteiger partial charge in [0.25, 0.3) is 0 Å². The number of alkyl halides is 3. The molecule has 3 N–H and O–H groups in total. The topological polar surface area (TPSA) is 44.8 Å². The molecule has 1 atom stereocenters. The lowest BCUT2D eigenvalue weighted by Gasteiger charge is -2.21. The van der Waals surface area contributed by atoms with E-state index in [4.69, 9.17) is 0 Å². The van der Waals surface area contributed by atoms with E-state index in [1.807, 2.05) is 32.5 Å². The minimum Gasteiger partial charge on any atom is -0.389 e. The van der Waals surface area contributed by atoms with Crippen molar-refractivity contribution in [2.24, 2.45) is 7.05 Å². The van der Waals surface area contributed by atoms with E-state index in [9.17, 15) is 13.2 Å². The average molecular weight is 370 g/mol. The number of H-pyrrole nitrogens is 1. The third-order valence-corrected chi connectivity index (χ3v) is 4.46. The highest BCUT2D eigenvalue weighted by molar-refractivity contribution is 5.87. The van der Waals surface area contributed by atoms with Crippen LogP contribution in [0.4, 0.5) is 13.2 Å². The molecule has 1 unspecified atom stereocenters. The molecule has 0 amide bonds. The smallest absolute Gasteiger partial charge is 0.389 e. The maximum atomic E-state index is 12.7. The summed E-state index contributed by atoms with van der Waals surface area (Å²) in [6, 6.07) is 3.57. The zero-order valence-corrected chi connectivity index (χ0v) is 15.9. The monoisotopic (exact) mass is 370 g/mol. The van der Waals surface area contributed by atoms with E-state index in [-0.39, 0.29) is 0 Å². The first-order valence-electron chi connectivity index (χ1n) is 9.17. The molecule has 1 aromatic heterocycles. The van der Waals surface area contributed by atoms with Gasteiger partial charge in [-0.25, -0.2) is 5.32 Å². The predicted octanol–water partition coefficient (Wildman–Crippen LogP) is 4.69. The van der Waals surface area contributed by atoms with Gasteiger partial charge in [-0.15, -0.1) is 0 Å². The van der Waals surface area contributed by atoms with Crippen LogP contribution in [0.3, 0.4) is 0 Å². The first kappa shape index (κ1) is 20.4. The second-order valence-electron chi connectivity index (χ2n) is 6.77. The van der Waals surface area contributed by atoms with Crippen LogP contribution in [0, 0.1) is 0 Å². The Morgan fingerprint density at radius 3 is 2.58 bits per heavy atom. The van der Waals surface area contributed by atoms with Crippen LogP contribution in [-0.2, 0) is 13.5 Å². The highest BCUT2D eigenvalue weighted by Gasteiger charge is 2.30. The van der Waals surface area contributed by atoms with E-state index < -0.39 is 12.3 Å². The van der Waals surface area contributed by atoms with Gasteiger partial charge in [0.15, 0.2) is 0 Å². The number of halogens is 3. The van der Waals surface area contributed by atoms with Gasteiger partial charge in [0.1, 0.15) is 0 Å². The number of rotatable bonds is 9. The molecule has 0 aliphatic rings. The fraction of sp³-hybridized carbons (Fsp3) is 0.579. The van der Waals surface area contributed by atoms with Gasteiger partial charge in [0, 0.05) is 30.9 Å². The van der Waals surface area contributed by atoms with Crippen LogP contribution in [0.1, 0.15) is 51.2 Å². The number of aromatic nitrogens is 2. The van der Waals surface area contributed by atoms with Crippen LogP contribution in [0.15, 0.2) is 17.8 Å². The molecule has 26 heavy (non-hydrogen) atoms. The fourth-order valence-electron chi connectivity index (χ4n) is 3.30. The maximum absolute atomic E-state index is 12.7. The molecule has 0 saturated heterocycles. The number of aryl methyl sites for hydroxylation is 2. The molecule has 2 rings (SSSR count). The van der Waals surface area contributed by atoms with E-state index >= 15 is 0 Å². The number of fused-ring (bicyclic) bond motifs is 1. The highest BCUT2D eigenvalue weighted by Crippen LogP contribution is 2.25. The molecule has 0 bridgehead atoms. The summed E-state index contributed by atoms with van der Waals surface area (Å²) in [6.45, 7) is 6.80. The lowest BCUT2D eigenvalue weighted by molar-refractivity contribution is -0.164. The molecule has 0 spiro atoms. The normalized spacial score (nSPS) is 14.2.